The minimum absolute atomic E-state index is 0.584. The average Bonchev–Trinajstić information content (AvgIpc) is 2.12. The number of carboxylic acids is 2. The highest BCUT2D eigenvalue weighted by Crippen LogP contribution is 2.01. The van der Waals surface area contributed by atoms with Gasteiger partial charge in [0.25, 0.3) is 0 Å². The number of carbonyl (C=O) groups is 3. The Kier molecular flexibility index (Phi) is 5.55. The standard InChI is InChI=1S/C7H11NO8S/c8-4(7(12)13)3-17(14,15)16-6(11)2-1-5(9)10/h4H,1-3,8H2,(H,9,10)(H,12,13)/t4-/m0/s1. The first-order valence-electron chi connectivity index (χ1n) is 4.29. The van der Waals surface area contributed by atoms with Crippen LogP contribution in [0.25, 0.3) is 0 Å². The van der Waals surface area contributed by atoms with Gasteiger partial charge in [0.15, 0.2) is 0 Å². The lowest BCUT2D eigenvalue weighted by molar-refractivity contribution is -0.142. The average molecular weight is 269 g/mol. The quantitative estimate of drug-likeness (QED) is 0.450. The lowest BCUT2D eigenvalue weighted by Gasteiger charge is -2.07. The maximum atomic E-state index is 11.1. The highest BCUT2D eigenvalue weighted by atomic mass is 32.2. The van der Waals surface area contributed by atoms with Gasteiger partial charge in [-0.3, -0.25) is 14.4 Å². The molecule has 0 aromatic heterocycles. The van der Waals surface area contributed by atoms with Gasteiger partial charge in [-0.2, -0.15) is 8.42 Å². The minimum Gasteiger partial charge on any atom is -0.481 e. The molecular weight excluding hydrogens is 258 g/mol. The molecule has 0 bridgehead atoms. The third-order valence-electron chi connectivity index (χ3n) is 1.46. The number of hydrogen-bond donors (Lipinski definition) is 3. The van der Waals surface area contributed by atoms with Crippen molar-refractivity contribution in [3.8, 4) is 0 Å². The second-order valence-electron chi connectivity index (χ2n) is 3.02. The minimum atomic E-state index is -4.42. The Bertz CT molecular complexity index is 414. The molecule has 0 saturated carbocycles. The van der Waals surface area contributed by atoms with E-state index in [0.717, 1.165) is 0 Å². The molecular formula is C7H11NO8S. The van der Waals surface area contributed by atoms with Crippen LogP contribution in [-0.2, 0) is 28.7 Å². The van der Waals surface area contributed by atoms with Crippen LogP contribution in [0.1, 0.15) is 12.8 Å². The Morgan fingerprint density at radius 3 is 2.12 bits per heavy atom. The van der Waals surface area contributed by atoms with Crippen molar-refractivity contribution in [3.63, 3.8) is 0 Å². The van der Waals surface area contributed by atoms with Crippen molar-refractivity contribution in [1.29, 1.82) is 0 Å². The number of nitrogens with two attached hydrogens (primary N) is 1. The van der Waals surface area contributed by atoms with Crippen LogP contribution in [0.5, 0.6) is 0 Å². The Morgan fingerprint density at radius 1 is 1.18 bits per heavy atom. The SMILES string of the molecule is N[C@@H](CS(=O)(=O)OC(=O)CCC(=O)O)C(=O)O. The maximum absolute atomic E-state index is 11.1. The van der Waals surface area contributed by atoms with Crippen molar-refractivity contribution in [3.05, 3.63) is 0 Å². The monoisotopic (exact) mass is 269 g/mol. The lowest BCUT2D eigenvalue weighted by atomic mass is 10.3. The van der Waals surface area contributed by atoms with E-state index in [0.29, 0.717) is 0 Å². The molecule has 0 aromatic rings. The van der Waals surface area contributed by atoms with Gasteiger partial charge in [0.2, 0.25) is 0 Å². The lowest BCUT2D eigenvalue weighted by Crippen LogP contribution is -2.38. The van der Waals surface area contributed by atoms with Gasteiger partial charge in [0.05, 0.1) is 12.8 Å². The van der Waals surface area contributed by atoms with E-state index in [2.05, 4.69) is 4.18 Å². The predicted molar refractivity (Wildman–Crippen MR) is 52.4 cm³/mol. The molecule has 0 amide bonds. The Labute approximate surface area is 96.3 Å². The fourth-order valence-electron chi connectivity index (χ4n) is 0.717. The molecule has 17 heavy (non-hydrogen) atoms. The highest BCUT2D eigenvalue weighted by molar-refractivity contribution is 7.87. The molecule has 0 rings (SSSR count). The predicted octanol–water partition coefficient (Wildman–Crippen LogP) is -1.86. The third-order valence-corrected chi connectivity index (χ3v) is 2.67. The van der Waals surface area contributed by atoms with Crippen molar-refractivity contribution in [2.75, 3.05) is 5.75 Å². The van der Waals surface area contributed by atoms with Crippen molar-refractivity contribution >= 4 is 28.0 Å². The van der Waals surface area contributed by atoms with Crippen LogP contribution in [0.15, 0.2) is 0 Å². The molecule has 1 atom stereocenters. The smallest absolute Gasteiger partial charge is 0.322 e. The highest BCUT2D eigenvalue weighted by Gasteiger charge is 2.25. The molecule has 0 aliphatic carbocycles. The molecule has 98 valence electrons. The van der Waals surface area contributed by atoms with E-state index < -0.39 is 52.7 Å². The Hall–Kier alpha value is -1.68. The fourth-order valence-corrected chi connectivity index (χ4v) is 1.73. The molecule has 4 N–H and O–H groups in total. The van der Waals surface area contributed by atoms with Gasteiger partial charge in [0, 0.05) is 0 Å². The first-order chi connectivity index (χ1) is 7.64. The van der Waals surface area contributed by atoms with Crippen molar-refractivity contribution in [2.24, 2.45) is 5.73 Å². The van der Waals surface area contributed by atoms with Crippen LogP contribution >= 0.6 is 0 Å². The summed E-state index contributed by atoms with van der Waals surface area (Å²) in [5.74, 6) is -5.19. The normalized spacial score (nSPS) is 12.8. The summed E-state index contributed by atoms with van der Waals surface area (Å²) >= 11 is 0. The van der Waals surface area contributed by atoms with Crippen LogP contribution in [-0.4, -0.2) is 48.3 Å². The summed E-state index contributed by atoms with van der Waals surface area (Å²) in [6, 6.07) is -1.72. The largest absolute Gasteiger partial charge is 0.481 e. The van der Waals surface area contributed by atoms with Crippen molar-refractivity contribution in [2.45, 2.75) is 18.9 Å². The van der Waals surface area contributed by atoms with Gasteiger partial charge in [-0.25, -0.2) is 0 Å². The number of carbonyl (C=O) groups excluding carboxylic acids is 1. The third kappa shape index (κ3) is 7.25. The molecule has 0 radical (unpaired) electrons. The first-order valence-corrected chi connectivity index (χ1v) is 5.87. The van der Waals surface area contributed by atoms with Gasteiger partial charge in [0.1, 0.15) is 11.8 Å². The van der Waals surface area contributed by atoms with Crippen LogP contribution in [0.4, 0.5) is 0 Å². The van der Waals surface area contributed by atoms with Gasteiger partial charge in [-0.15, -0.1) is 0 Å². The zero-order valence-corrected chi connectivity index (χ0v) is 9.34. The number of aliphatic carboxylic acids is 2. The fraction of sp³-hybridized carbons (Fsp3) is 0.571. The second kappa shape index (κ2) is 6.15. The Morgan fingerprint density at radius 2 is 1.71 bits per heavy atom. The van der Waals surface area contributed by atoms with E-state index in [1.807, 2.05) is 0 Å². The first kappa shape index (κ1) is 15.3. The Balaban J connectivity index is 4.31. The molecule has 0 unspecified atom stereocenters. The van der Waals surface area contributed by atoms with Gasteiger partial charge >= 0.3 is 28.0 Å². The molecule has 0 spiro atoms. The van der Waals surface area contributed by atoms with Crippen LogP contribution in [0.3, 0.4) is 0 Å². The molecule has 0 heterocycles. The summed E-state index contributed by atoms with van der Waals surface area (Å²) < 4.78 is 26.1. The van der Waals surface area contributed by atoms with Crippen LogP contribution < -0.4 is 5.73 Å². The second-order valence-corrected chi connectivity index (χ2v) is 4.63. The van der Waals surface area contributed by atoms with E-state index in [4.69, 9.17) is 15.9 Å². The number of carboxylic acid groups (broad SMARTS) is 2. The zero-order chi connectivity index (χ0) is 13.6. The van der Waals surface area contributed by atoms with Gasteiger partial charge in [-0.05, 0) is 0 Å². The van der Waals surface area contributed by atoms with Crippen molar-refractivity contribution < 1.29 is 37.2 Å². The van der Waals surface area contributed by atoms with E-state index in [1.165, 1.54) is 0 Å². The van der Waals surface area contributed by atoms with Gasteiger partial charge in [-0.1, -0.05) is 0 Å². The summed E-state index contributed by atoms with van der Waals surface area (Å²) in [6.45, 7) is 0. The molecule has 9 nitrogen and oxygen atoms in total. The number of hydrogen-bond acceptors (Lipinski definition) is 7. The van der Waals surface area contributed by atoms with Crippen molar-refractivity contribution in [1.82, 2.24) is 0 Å². The topological polar surface area (TPSA) is 161 Å². The summed E-state index contributed by atoms with van der Waals surface area (Å²) in [4.78, 5) is 31.2. The maximum Gasteiger partial charge on any atom is 0.322 e. The summed E-state index contributed by atoms with van der Waals surface area (Å²) in [6.07, 6.45) is -1.21. The summed E-state index contributed by atoms with van der Waals surface area (Å²) in [5, 5.41) is 16.6. The molecule has 0 fully saturated rings. The van der Waals surface area contributed by atoms with E-state index >= 15 is 0 Å². The molecule has 0 aromatic carbocycles. The van der Waals surface area contributed by atoms with Crippen LogP contribution in [0, 0.1) is 0 Å². The van der Waals surface area contributed by atoms with E-state index in [1.54, 1.807) is 0 Å². The number of rotatable bonds is 7. The molecule has 0 aliphatic heterocycles. The molecule has 10 heteroatoms. The van der Waals surface area contributed by atoms with E-state index in [9.17, 15) is 22.8 Å². The summed E-state index contributed by atoms with van der Waals surface area (Å²) in [5.41, 5.74) is 4.94. The van der Waals surface area contributed by atoms with Gasteiger partial charge < -0.3 is 20.1 Å². The van der Waals surface area contributed by atoms with E-state index in [-0.39, 0.29) is 0 Å². The zero-order valence-electron chi connectivity index (χ0n) is 8.53. The van der Waals surface area contributed by atoms with Crippen LogP contribution in [0.2, 0.25) is 0 Å². The molecule has 0 saturated heterocycles. The molecule has 0 aliphatic rings. The summed E-state index contributed by atoms with van der Waals surface area (Å²) in [7, 11) is -4.42.